The molecule has 216 valence electrons. The monoisotopic (exact) mass is 544 g/mol. The molecule has 3 N–H and O–H groups in total. The molecular weight excluding hydrogens is 504 g/mol. The third kappa shape index (κ3) is 85.1. The van der Waals surface area contributed by atoms with Crippen LogP contribution in [0.1, 0.15) is 79.6 Å². The van der Waals surface area contributed by atoms with Crippen molar-refractivity contribution >= 4 is 53.4 Å². The molecule has 12 nitrogen and oxygen atoms in total. The largest absolute Gasteiger partial charge is 0.481 e. The molecule has 0 aromatic rings. The molecule has 0 aliphatic heterocycles. The van der Waals surface area contributed by atoms with E-state index in [0.717, 1.165) is 0 Å². The number of ketones is 5. The van der Waals surface area contributed by atoms with E-state index in [1.54, 1.807) is 12.2 Å². The van der Waals surface area contributed by atoms with Crippen LogP contribution in [0.3, 0.4) is 0 Å². The van der Waals surface area contributed by atoms with E-state index < -0.39 is 11.9 Å². The maximum Gasteiger partial charge on any atom is 0.307 e. The molecule has 0 aliphatic rings. The fourth-order valence-electron chi connectivity index (χ4n) is 1.26. The zero-order valence-electron chi connectivity index (χ0n) is 22.6. The number of Topliss-reactive ketones (excluding diaryl/α,β-unsaturated/α-hetero) is 5. The van der Waals surface area contributed by atoms with Crippen molar-refractivity contribution in [2.45, 2.75) is 79.6 Å². The number of carbonyl (C=O) groups excluding carboxylic acids is 7. The number of aliphatic hydroxyl groups excluding tert-OH is 1. The summed E-state index contributed by atoms with van der Waals surface area (Å²) in [6, 6.07) is 0. The van der Waals surface area contributed by atoms with E-state index in [1.807, 2.05) is 0 Å². The Morgan fingerprint density at radius 3 is 0.842 bits per heavy atom. The van der Waals surface area contributed by atoms with Crippen molar-refractivity contribution in [1.29, 1.82) is 0 Å². The molecule has 38 heavy (non-hydrogen) atoms. The quantitative estimate of drug-likeness (QED) is 0.163. The molecule has 0 bridgehead atoms. The molecule has 12 heteroatoms. The minimum absolute atomic E-state index is 0.0185. The number of aliphatic carboxylic acids is 2. The van der Waals surface area contributed by atoms with Gasteiger partial charge in [0.05, 0.1) is 25.7 Å². The van der Waals surface area contributed by atoms with Crippen molar-refractivity contribution in [3.63, 3.8) is 0 Å². The van der Waals surface area contributed by atoms with Gasteiger partial charge in [0.15, 0.2) is 0 Å². The zero-order valence-corrected chi connectivity index (χ0v) is 22.6. The Morgan fingerprint density at radius 1 is 0.474 bits per heavy atom. The van der Waals surface area contributed by atoms with Crippen molar-refractivity contribution in [2.24, 2.45) is 0 Å². The zero-order chi connectivity index (χ0) is 30.9. The van der Waals surface area contributed by atoms with Crippen LogP contribution in [0.5, 0.6) is 0 Å². The van der Waals surface area contributed by atoms with E-state index in [2.05, 4.69) is 0 Å². The topological polar surface area (TPSA) is 214 Å². The molecule has 0 saturated heterocycles. The summed E-state index contributed by atoms with van der Waals surface area (Å²) in [7, 11) is 0. The van der Waals surface area contributed by atoms with Crippen LogP contribution in [-0.4, -0.2) is 75.4 Å². The van der Waals surface area contributed by atoms with Gasteiger partial charge < -0.3 is 24.9 Å². The Bertz CT molecular complexity index is 698. The molecule has 0 rings (SSSR count). The van der Waals surface area contributed by atoms with Gasteiger partial charge in [-0.25, -0.2) is 0 Å². The maximum atomic E-state index is 10.4. The smallest absolute Gasteiger partial charge is 0.307 e. The van der Waals surface area contributed by atoms with Crippen LogP contribution in [0.2, 0.25) is 0 Å². The van der Waals surface area contributed by atoms with E-state index >= 15 is 0 Å². The molecule has 0 saturated carbocycles. The third-order valence-electron chi connectivity index (χ3n) is 2.93. The second-order valence-corrected chi connectivity index (χ2v) is 7.27. The first-order chi connectivity index (χ1) is 17.6. The van der Waals surface area contributed by atoms with Crippen molar-refractivity contribution in [3.05, 3.63) is 24.3 Å². The highest BCUT2D eigenvalue weighted by Gasteiger charge is 1.91. The SMILES string of the molecule is CC(=O)C/C=C/CC(C)=O.CC(=O)CC=O.CC(=O)CC=O.CC(=O)CCO.O=C(O)C/C=C/CC(=O)O. The molecule has 0 amide bonds. The standard InChI is InChI=1S/C8H12O2.C6H8O4.C4H8O2.2C4H6O2/c1-7(9)5-3-4-6-8(2)10;7-5(8)3-1-2-4-6(9)10;3*1-4(6)2-3-5/h3-4H,5-6H2,1-2H3;1-2H,3-4H2,(H,7,8)(H,9,10);5H,2-3H2,1H3;2*3H,2H2,1H3/b4-3+;2-1+;;;. The molecule has 0 fully saturated rings. The lowest BCUT2D eigenvalue weighted by molar-refractivity contribution is -0.137. The van der Waals surface area contributed by atoms with Gasteiger partial charge in [-0.3, -0.25) is 33.6 Å². The lowest BCUT2D eigenvalue weighted by Gasteiger charge is -1.84. The molecule has 0 aliphatic carbocycles. The second kappa shape index (κ2) is 35.2. The minimum Gasteiger partial charge on any atom is -0.481 e. The van der Waals surface area contributed by atoms with Gasteiger partial charge in [-0.1, -0.05) is 24.3 Å². The fraction of sp³-hybridized carbons (Fsp3) is 0.500. The van der Waals surface area contributed by atoms with Gasteiger partial charge in [0.25, 0.3) is 0 Å². The van der Waals surface area contributed by atoms with E-state index in [0.29, 0.717) is 31.8 Å². The van der Waals surface area contributed by atoms with Crippen LogP contribution in [0, 0.1) is 0 Å². The number of rotatable bonds is 14. The van der Waals surface area contributed by atoms with Crippen LogP contribution in [0.15, 0.2) is 24.3 Å². The molecular formula is C26H40O12. The van der Waals surface area contributed by atoms with Crippen LogP contribution in [-0.2, 0) is 43.2 Å². The van der Waals surface area contributed by atoms with E-state index in [1.165, 1.54) is 46.8 Å². The number of carboxylic acid groups (broad SMARTS) is 2. The minimum atomic E-state index is -0.957. The van der Waals surface area contributed by atoms with Gasteiger partial charge in [0.1, 0.15) is 41.5 Å². The summed E-state index contributed by atoms with van der Waals surface area (Å²) < 4.78 is 0. The van der Waals surface area contributed by atoms with Gasteiger partial charge in [0.2, 0.25) is 0 Å². The van der Waals surface area contributed by atoms with Gasteiger partial charge in [0, 0.05) is 25.9 Å². The first-order valence-electron chi connectivity index (χ1n) is 11.3. The maximum absolute atomic E-state index is 10.4. The number of allylic oxidation sites excluding steroid dienone is 2. The number of carbonyl (C=O) groups is 9. The molecule has 0 aromatic carbocycles. The van der Waals surface area contributed by atoms with Crippen molar-refractivity contribution in [3.8, 4) is 0 Å². The first-order valence-corrected chi connectivity index (χ1v) is 11.3. The van der Waals surface area contributed by atoms with Crippen molar-refractivity contribution < 1.29 is 58.5 Å². The Kier molecular flexibility index (Phi) is 40.9. The third-order valence-corrected chi connectivity index (χ3v) is 2.93. The predicted molar refractivity (Wildman–Crippen MR) is 138 cm³/mol. The lowest BCUT2D eigenvalue weighted by Crippen LogP contribution is -1.92. The average molecular weight is 545 g/mol. The second-order valence-electron chi connectivity index (χ2n) is 7.27. The Hall–Kier alpha value is -3.93. The van der Waals surface area contributed by atoms with Crippen LogP contribution >= 0.6 is 0 Å². The number of carboxylic acids is 2. The lowest BCUT2D eigenvalue weighted by atomic mass is 10.2. The molecule has 0 heterocycles. The average Bonchev–Trinajstić information content (AvgIpc) is 2.75. The predicted octanol–water partition coefficient (Wildman–Crippen LogP) is 2.28. The number of hydrogen-bond acceptors (Lipinski definition) is 10. The van der Waals surface area contributed by atoms with Crippen LogP contribution in [0.4, 0.5) is 0 Å². The summed E-state index contributed by atoms with van der Waals surface area (Å²) in [5.41, 5.74) is 0. The van der Waals surface area contributed by atoms with Gasteiger partial charge >= 0.3 is 11.9 Å². The summed E-state index contributed by atoms with van der Waals surface area (Å²) in [4.78, 5) is 88.7. The molecule has 0 aromatic heterocycles. The fourth-order valence-corrected chi connectivity index (χ4v) is 1.26. The van der Waals surface area contributed by atoms with Gasteiger partial charge in [-0.2, -0.15) is 0 Å². The number of aldehydes is 2. The highest BCUT2D eigenvalue weighted by Crippen LogP contribution is 1.89. The Morgan fingerprint density at radius 2 is 0.737 bits per heavy atom. The summed E-state index contributed by atoms with van der Waals surface area (Å²) in [6.45, 7) is 7.25. The van der Waals surface area contributed by atoms with E-state index in [9.17, 15) is 43.2 Å². The molecule has 0 atom stereocenters. The molecule has 0 spiro atoms. The Labute approximate surface area is 222 Å². The molecule has 0 unspecified atom stereocenters. The van der Waals surface area contributed by atoms with Crippen LogP contribution < -0.4 is 0 Å². The van der Waals surface area contributed by atoms with Gasteiger partial charge in [-0.15, -0.1) is 0 Å². The highest BCUT2D eigenvalue weighted by molar-refractivity contribution is 5.88. The summed E-state index contributed by atoms with van der Waals surface area (Å²) in [6.07, 6.45) is 8.33. The summed E-state index contributed by atoms with van der Waals surface area (Å²) >= 11 is 0. The van der Waals surface area contributed by atoms with Gasteiger partial charge in [-0.05, 0) is 34.6 Å². The van der Waals surface area contributed by atoms with E-state index in [-0.39, 0.29) is 61.2 Å². The summed E-state index contributed by atoms with van der Waals surface area (Å²) in [5, 5.41) is 24.2. The van der Waals surface area contributed by atoms with E-state index in [4.69, 9.17) is 15.3 Å². The van der Waals surface area contributed by atoms with Crippen molar-refractivity contribution in [1.82, 2.24) is 0 Å². The first kappa shape index (κ1) is 44.1. The number of hydrogen-bond donors (Lipinski definition) is 3. The highest BCUT2D eigenvalue weighted by atomic mass is 16.4. The van der Waals surface area contributed by atoms with Crippen molar-refractivity contribution in [2.75, 3.05) is 6.61 Å². The summed E-state index contributed by atoms with van der Waals surface area (Å²) in [5.74, 6) is -1.78. The number of aliphatic hydroxyl groups is 1. The van der Waals surface area contributed by atoms with Crippen LogP contribution in [0.25, 0.3) is 0 Å². The molecule has 0 radical (unpaired) electrons. The Balaban J connectivity index is -0.000000122. The normalized spacial score (nSPS) is 9.00.